The van der Waals surface area contributed by atoms with Crippen molar-refractivity contribution in [1.82, 2.24) is 9.88 Å². The van der Waals surface area contributed by atoms with Crippen LogP contribution < -0.4 is 5.46 Å². The van der Waals surface area contributed by atoms with E-state index in [0.29, 0.717) is 13.1 Å². The molecule has 1 aromatic heterocycles. The molecule has 0 spiro atoms. The fraction of sp³-hybridized carbons (Fsp3) is 0.700. The van der Waals surface area contributed by atoms with Crippen LogP contribution in [0.15, 0.2) is 16.7 Å². The molecule has 2 fully saturated rings. The molecule has 1 atom stereocenters. The number of rotatable bonds is 2. The normalized spacial score (nSPS) is 23.9. The maximum Gasteiger partial charge on any atom is 0.494 e. The lowest BCUT2D eigenvalue weighted by Gasteiger charge is -2.32. The molecule has 2 saturated heterocycles. The average Bonchev–Trinajstić information content (AvgIpc) is 3.08. The van der Waals surface area contributed by atoms with Gasteiger partial charge in [-0.3, -0.25) is 0 Å². The van der Waals surface area contributed by atoms with E-state index in [1.165, 1.54) is 0 Å². The number of halogens is 1. The average molecular weight is 453 g/mol. The third-order valence-corrected chi connectivity index (χ3v) is 6.03. The number of amides is 1. The van der Waals surface area contributed by atoms with Gasteiger partial charge in [-0.05, 0) is 88.4 Å². The summed E-state index contributed by atoms with van der Waals surface area (Å²) in [7, 11) is -0.439. The molecule has 8 heteroatoms. The molecule has 2 aliphatic heterocycles. The molecule has 2 aliphatic rings. The minimum absolute atomic E-state index is 0.159. The maximum absolute atomic E-state index is 12.4. The van der Waals surface area contributed by atoms with Gasteiger partial charge in [0.1, 0.15) is 10.2 Å². The van der Waals surface area contributed by atoms with E-state index in [1.807, 2.05) is 60.6 Å². The molecule has 0 saturated carbocycles. The molecule has 3 rings (SSSR count). The van der Waals surface area contributed by atoms with Gasteiger partial charge in [-0.1, -0.05) is 0 Å². The molecule has 3 heterocycles. The van der Waals surface area contributed by atoms with Gasteiger partial charge < -0.3 is 18.9 Å². The van der Waals surface area contributed by atoms with E-state index in [1.54, 1.807) is 4.90 Å². The SMILES string of the molecule is CC(C)(C)OC(=O)N1CCC(c2cc(B3OC(C)(C)C(C)(C)O3)cc(Br)n2)C1. The predicted molar refractivity (Wildman–Crippen MR) is 113 cm³/mol. The second kappa shape index (κ2) is 7.29. The predicted octanol–water partition coefficient (Wildman–Crippen LogP) is 3.87. The number of likely N-dealkylation sites (tertiary alicyclic amines) is 1. The Morgan fingerprint density at radius 1 is 1.25 bits per heavy atom. The van der Waals surface area contributed by atoms with Gasteiger partial charge >= 0.3 is 13.2 Å². The molecular weight excluding hydrogens is 423 g/mol. The van der Waals surface area contributed by atoms with Gasteiger partial charge in [0.2, 0.25) is 0 Å². The van der Waals surface area contributed by atoms with E-state index in [-0.39, 0.29) is 12.0 Å². The smallest absolute Gasteiger partial charge is 0.444 e. The lowest BCUT2D eigenvalue weighted by Crippen LogP contribution is -2.41. The number of hydrogen-bond acceptors (Lipinski definition) is 5. The third kappa shape index (κ3) is 4.55. The third-order valence-electron chi connectivity index (χ3n) is 5.62. The van der Waals surface area contributed by atoms with Crippen LogP contribution in [-0.2, 0) is 14.0 Å². The molecule has 6 nitrogen and oxygen atoms in total. The number of hydrogen-bond donors (Lipinski definition) is 0. The van der Waals surface area contributed by atoms with Crippen LogP contribution in [0.1, 0.15) is 66.5 Å². The molecule has 0 radical (unpaired) electrons. The summed E-state index contributed by atoms with van der Waals surface area (Å²) in [4.78, 5) is 18.8. The van der Waals surface area contributed by atoms with Crippen LogP contribution in [0.2, 0.25) is 0 Å². The van der Waals surface area contributed by atoms with Crippen LogP contribution in [0.3, 0.4) is 0 Å². The van der Waals surface area contributed by atoms with E-state index in [2.05, 4.69) is 20.9 Å². The van der Waals surface area contributed by atoms with Crippen molar-refractivity contribution >= 4 is 34.6 Å². The summed E-state index contributed by atoms with van der Waals surface area (Å²) in [6.07, 6.45) is 0.585. The fourth-order valence-corrected chi connectivity index (χ4v) is 3.83. The van der Waals surface area contributed by atoms with Crippen molar-refractivity contribution in [3.05, 3.63) is 22.4 Å². The Morgan fingerprint density at radius 3 is 2.43 bits per heavy atom. The van der Waals surface area contributed by atoms with Gasteiger partial charge in [0, 0.05) is 24.7 Å². The number of carbonyl (C=O) groups is 1. The lowest BCUT2D eigenvalue weighted by molar-refractivity contribution is 0.00578. The Bertz CT molecular complexity index is 747. The van der Waals surface area contributed by atoms with Crippen LogP contribution in [0.4, 0.5) is 4.79 Å². The van der Waals surface area contributed by atoms with Crippen molar-refractivity contribution in [3.8, 4) is 0 Å². The van der Waals surface area contributed by atoms with Crippen LogP contribution in [-0.4, -0.2) is 53.0 Å². The highest BCUT2D eigenvalue weighted by atomic mass is 79.9. The van der Waals surface area contributed by atoms with E-state index >= 15 is 0 Å². The molecule has 1 aromatic rings. The molecule has 0 N–H and O–H groups in total. The van der Waals surface area contributed by atoms with E-state index in [0.717, 1.165) is 22.2 Å². The van der Waals surface area contributed by atoms with Crippen LogP contribution in [0.5, 0.6) is 0 Å². The highest BCUT2D eigenvalue weighted by Crippen LogP contribution is 2.37. The van der Waals surface area contributed by atoms with Gasteiger partial charge in [-0.2, -0.15) is 0 Å². The summed E-state index contributed by atoms with van der Waals surface area (Å²) < 4.78 is 18.6. The Labute approximate surface area is 176 Å². The number of carbonyl (C=O) groups excluding carboxylic acids is 1. The van der Waals surface area contributed by atoms with Crippen molar-refractivity contribution < 1.29 is 18.8 Å². The van der Waals surface area contributed by atoms with Gasteiger partial charge in [0.25, 0.3) is 0 Å². The Balaban J connectivity index is 1.75. The van der Waals surface area contributed by atoms with E-state index < -0.39 is 23.9 Å². The first-order valence-corrected chi connectivity index (χ1v) is 10.6. The molecule has 1 unspecified atom stereocenters. The second-order valence-corrected chi connectivity index (χ2v) is 10.5. The van der Waals surface area contributed by atoms with Gasteiger partial charge in [-0.25, -0.2) is 9.78 Å². The molecule has 154 valence electrons. The number of aromatic nitrogens is 1. The number of ether oxygens (including phenoxy) is 1. The van der Waals surface area contributed by atoms with Gasteiger partial charge in [0.05, 0.1) is 11.2 Å². The Hall–Kier alpha value is -1.12. The first kappa shape index (κ1) is 21.6. The standard InChI is InChI=1S/C20H30BBrN2O4/c1-18(2,3)26-17(25)24-9-8-13(12-24)15-10-14(11-16(22)23-15)21-27-19(4,5)20(6,7)28-21/h10-11,13H,8-9,12H2,1-7H3. The summed E-state index contributed by atoms with van der Waals surface area (Å²) in [5.41, 5.74) is 0.590. The monoisotopic (exact) mass is 452 g/mol. The first-order chi connectivity index (χ1) is 12.8. The zero-order valence-electron chi connectivity index (χ0n) is 17.8. The highest BCUT2D eigenvalue weighted by molar-refractivity contribution is 9.10. The summed E-state index contributed by atoms with van der Waals surface area (Å²) in [6, 6.07) is 3.97. The van der Waals surface area contributed by atoms with Gasteiger partial charge in [-0.15, -0.1) is 0 Å². The summed E-state index contributed by atoms with van der Waals surface area (Å²) in [5, 5.41) is 0. The van der Waals surface area contributed by atoms with Crippen LogP contribution in [0, 0.1) is 0 Å². The molecule has 28 heavy (non-hydrogen) atoms. The fourth-order valence-electron chi connectivity index (χ4n) is 3.36. The highest BCUT2D eigenvalue weighted by Gasteiger charge is 2.52. The van der Waals surface area contributed by atoms with Crippen LogP contribution in [0.25, 0.3) is 0 Å². The second-order valence-electron chi connectivity index (χ2n) is 9.65. The summed E-state index contributed by atoms with van der Waals surface area (Å²) >= 11 is 3.52. The zero-order chi connectivity index (χ0) is 20.9. The molecule has 1 amide bonds. The minimum atomic E-state index is -0.493. The topological polar surface area (TPSA) is 60.9 Å². The first-order valence-electron chi connectivity index (χ1n) is 9.78. The van der Waals surface area contributed by atoms with Crippen molar-refractivity contribution in [3.63, 3.8) is 0 Å². The maximum atomic E-state index is 12.4. The van der Waals surface area contributed by atoms with Crippen molar-refractivity contribution in [2.24, 2.45) is 0 Å². The molecular formula is C20H30BBrN2O4. The van der Waals surface area contributed by atoms with Crippen molar-refractivity contribution in [1.29, 1.82) is 0 Å². The quantitative estimate of drug-likeness (QED) is 0.503. The minimum Gasteiger partial charge on any atom is -0.444 e. The molecule has 0 aromatic carbocycles. The number of nitrogens with zero attached hydrogens (tertiary/aromatic N) is 2. The van der Waals surface area contributed by atoms with E-state index in [4.69, 9.17) is 14.0 Å². The lowest BCUT2D eigenvalue weighted by atomic mass is 9.78. The number of pyridine rings is 1. The summed E-state index contributed by atoms with van der Waals surface area (Å²) in [6.45, 7) is 15.1. The summed E-state index contributed by atoms with van der Waals surface area (Å²) in [5.74, 6) is 0.159. The Kier molecular flexibility index (Phi) is 5.62. The van der Waals surface area contributed by atoms with Crippen molar-refractivity contribution in [2.75, 3.05) is 13.1 Å². The van der Waals surface area contributed by atoms with Gasteiger partial charge in [0.15, 0.2) is 0 Å². The largest absolute Gasteiger partial charge is 0.494 e. The Morgan fingerprint density at radius 2 is 1.86 bits per heavy atom. The van der Waals surface area contributed by atoms with Crippen molar-refractivity contribution in [2.45, 2.75) is 77.6 Å². The molecule has 0 aliphatic carbocycles. The van der Waals surface area contributed by atoms with Crippen LogP contribution >= 0.6 is 15.9 Å². The molecule has 0 bridgehead atoms. The van der Waals surface area contributed by atoms with E-state index in [9.17, 15) is 4.79 Å². The zero-order valence-corrected chi connectivity index (χ0v) is 19.4.